The number of hydrogen-bond donors (Lipinski definition) is 0. The zero-order valence-electron chi connectivity index (χ0n) is 9.67. The summed E-state index contributed by atoms with van der Waals surface area (Å²) in [5, 5.41) is 0. The number of rotatable bonds is 3. The summed E-state index contributed by atoms with van der Waals surface area (Å²) in [5.74, 6) is -0.380. The first kappa shape index (κ1) is 10.7. The van der Waals surface area contributed by atoms with Crippen LogP contribution in [0.25, 0.3) is 0 Å². The van der Waals surface area contributed by atoms with E-state index in [4.69, 9.17) is 4.74 Å². The van der Waals surface area contributed by atoms with Crippen molar-refractivity contribution in [2.24, 2.45) is 4.99 Å². The van der Waals surface area contributed by atoms with Gasteiger partial charge in [-0.3, -0.25) is 0 Å². The van der Waals surface area contributed by atoms with Gasteiger partial charge < -0.3 is 4.74 Å². The third kappa shape index (κ3) is 2.02. The zero-order chi connectivity index (χ0) is 12.4. The maximum atomic E-state index is 11.8. The fourth-order valence-corrected chi connectivity index (χ4v) is 1.86. The molecule has 0 spiro atoms. The first-order valence-corrected chi connectivity index (χ1v) is 5.73. The predicted octanol–water partition coefficient (Wildman–Crippen LogP) is 2.56. The number of fused-ring (bicyclic) bond motifs is 1. The Labute approximate surface area is 105 Å². The van der Waals surface area contributed by atoms with E-state index in [1.165, 1.54) is 0 Å². The summed E-state index contributed by atoms with van der Waals surface area (Å²) in [4.78, 5) is 16.0. The first-order valence-electron chi connectivity index (χ1n) is 5.73. The molecule has 0 fully saturated rings. The van der Waals surface area contributed by atoms with Gasteiger partial charge in [0.1, 0.15) is 12.3 Å². The molecule has 88 valence electrons. The van der Waals surface area contributed by atoms with Gasteiger partial charge in [0.15, 0.2) is 0 Å². The highest BCUT2D eigenvalue weighted by Gasteiger charge is 2.20. The van der Waals surface area contributed by atoms with Crippen LogP contribution >= 0.6 is 0 Å². The Balaban J connectivity index is 1.64. The molecule has 18 heavy (non-hydrogen) atoms. The van der Waals surface area contributed by atoms with Gasteiger partial charge in [-0.1, -0.05) is 42.5 Å². The highest BCUT2D eigenvalue weighted by Crippen LogP contribution is 2.22. The lowest BCUT2D eigenvalue weighted by atomic mass is 10.2. The molecule has 1 aliphatic heterocycles. The number of ether oxygens (including phenoxy) is 1. The Bertz CT molecular complexity index is 607. The van der Waals surface area contributed by atoms with Crippen molar-refractivity contribution in [2.45, 2.75) is 6.61 Å². The van der Waals surface area contributed by atoms with Crippen LogP contribution in [0.1, 0.15) is 5.56 Å². The number of benzene rings is 1. The minimum atomic E-state index is -0.380. The predicted molar refractivity (Wildman–Crippen MR) is 69.0 cm³/mol. The minimum absolute atomic E-state index is 0.275. The molecular weight excluding hydrogens is 226 g/mol. The van der Waals surface area contributed by atoms with E-state index in [1.54, 1.807) is 6.08 Å². The van der Waals surface area contributed by atoms with Crippen LogP contribution in [0.2, 0.25) is 0 Å². The van der Waals surface area contributed by atoms with Crippen molar-refractivity contribution in [3.8, 4) is 0 Å². The molecule has 3 nitrogen and oxygen atoms in total. The fraction of sp³-hybridized carbons (Fsp3) is 0.0667. The summed E-state index contributed by atoms with van der Waals surface area (Å²) in [6.07, 6.45) is 7.47. The van der Waals surface area contributed by atoms with Crippen LogP contribution < -0.4 is 0 Å². The molecule has 0 amide bonds. The van der Waals surface area contributed by atoms with Crippen LogP contribution in [0.5, 0.6) is 0 Å². The summed E-state index contributed by atoms with van der Waals surface area (Å²) in [7, 11) is 0. The molecule has 3 rings (SSSR count). The van der Waals surface area contributed by atoms with Crippen molar-refractivity contribution >= 4 is 11.7 Å². The second kappa shape index (κ2) is 4.45. The summed E-state index contributed by atoms with van der Waals surface area (Å²) in [6, 6.07) is 9.59. The van der Waals surface area contributed by atoms with E-state index >= 15 is 0 Å². The van der Waals surface area contributed by atoms with Crippen molar-refractivity contribution < 1.29 is 9.53 Å². The summed E-state index contributed by atoms with van der Waals surface area (Å²) in [5.41, 5.74) is 3.15. The van der Waals surface area contributed by atoms with Gasteiger partial charge in [0, 0.05) is 5.57 Å². The number of allylic oxidation sites excluding steroid dienone is 5. The smallest absolute Gasteiger partial charge is 0.357 e. The number of esters is 1. The second-order valence-corrected chi connectivity index (χ2v) is 4.07. The Morgan fingerprint density at radius 2 is 2.06 bits per heavy atom. The molecule has 0 radical (unpaired) electrons. The molecule has 0 bridgehead atoms. The van der Waals surface area contributed by atoms with Gasteiger partial charge in [0.05, 0.1) is 5.71 Å². The number of carbonyl (C=O) groups excluding carboxylic acids is 1. The van der Waals surface area contributed by atoms with Crippen molar-refractivity contribution in [1.82, 2.24) is 0 Å². The van der Waals surface area contributed by atoms with Crippen LogP contribution in [0, 0.1) is 0 Å². The molecule has 0 N–H and O–H groups in total. The average Bonchev–Trinajstić information content (AvgIpc) is 2.98. The van der Waals surface area contributed by atoms with Gasteiger partial charge in [-0.25, -0.2) is 9.79 Å². The maximum absolute atomic E-state index is 11.8. The lowest BCUT2D eigenvalue weighted by Gasteiger charge is -2.03. The summed E-state index contributed by atoms with van der Waals surface area (Å²) < 4.78 is 5.21. The second-order valence-electron chi connectivity index (χ2n) is 4.07. The van der Waals surface area contributed by atoms with Crippen LogP contribution in [0.3, 0.4) is 0 Å². The van der Waals surface area contributed by atoms with Crippen LogP contribution in [-0.4, -0.2) is 11.7 Å². The largest absolute Gasteiger partial charge is 0.456 e. The molecule has 1 aromatic rings. The van der Waals surface area contributed by atoms with E-state index in [0.717, 1.165) is 16.8 Å². The molecule has 0 saturated carbocycles. The van der Waals surface area contributed by atoms with Gasteiger partial charge >= 0.3 is 5.97 Å². The molecule has 1 aromatic carbocycles. The van der Waals surface area contributed by atoms with E-state index in [1.807, 2.05) is 48.6 Å². The first-order chi connectivity index (χ1) is 8.83. The van der Waals surface area contributed by atoms with Gasteiger partial charge in [-0.05, 0) is 17.7 Å². The van der Waals surface area contributed by atoms with Gasteiger partial charge in [0.25, 0.3) is 0 Å². The molecule has 0 aromatic heterocycles. The SMILES string of the molecule is O=C(OCc1ccccc1)C1=CC2=CC=CC2=N1. The highest BCUT2D eigenvalue weighted by molar-refractivity contribution is 6.18. The molecule has 0 saturated heterocycles. The van der Waals surface area contributed by atoms with Crippen molar-refractivity contribution in [3.05, 3.63) is 71.5 Å². The lowest BCUT2D eigenvalue weighted by molar-refractivity contribution is -0.140. The molecule has 0 atom stereocenters. The van der Waals surface area contributed by atoms with Gasteiger partial charge in [-0.2, -0.15) is 0 Å². The molecule has 3 heteroatoms. The molecule has 1 aliphatic carbocycles. The van der Waals surface area contributed by atoms with E-state index < -0.39 is 0 Å². The Hall–Kier alpha value is -2.42. The van der Waals surface area contributed by atoms with E-state index in [0.29, 0.717) is 5.70 Å². The minimum Gasteiger partial charge on any atom is -0.456 e. The Morgan fingerprint density at radius 3 is 2.83 bits per heavy atom. The quantitative estimate of drug-likeness (QED) is 0.758. The van der Waals surface area contributed by atoms with E-state index in [2.05, 4.69) is 4.99 Å². The number of carbonyl (C=O) groups is 1. The summed E-state index contributed by atoms with van der Waals surface area (Å²) >= 11 is 0. The van der Waals surface area contributed by atoms with E-state index in [9.17, 15) is 4.79 Å². The monoisotopic (exact) mass is 237 g/mol. The number of hydrogen-bond acceptors (Lipinski definition) is 3. The average molecular weight is 237 g/mol. The highest BCUT2D eigenvalue weighted by atomic mass is 16.5. The Kier molecular flexibility index (Phi) is 2.65. The van der Waals surface area contributed by atoms with Crippen LogP contribution in [0.15, 0.2) is 70.9 Å². The molecule has 1 heterocycles. The third-order valence-electron chi connectivity index (χ3n) is 2.78. The number of nitrogens with zero attached hydrogens (tertiary/aromatic N) is 1. The Morgan fingerprint density at radius 1 is 1.22 bits per heavy atom. The fourth-order valence-electron chi connectivity index (χ4n) is 1.86. The number of aliphatic imine (C=N–C) groups is 1. The normalized spacial score (nSPS) is 15.9. The lowest BCUT2D eigenvalue weighted by Crippen LogP contribution is -2.05. The zero-order valence-corrected chi connectivity index (χ0v) is 9.67. The van der Waals surface area contributed by atoms with Crippen molar-refractivity contribution in [2.75, 3.05) is 0 Å². The van der Waals surface area contributed by atoms with E-state index in [-0.39, 0.29) is 12.6 Å². The van der Waals surface area contributed by atoms with Crippen LogP contribution in [0.4, 0.5) is 0 Å². The maximum Gasteiger partial charge on any atom is 0.357 e. The van der Waals surface area contributed by atoms with Gasteiger partial charge in [-0.15, -0.1) is 0 Å². The third-order valence-corrected chi connectivity index (χ3v) is 2.78. The molecule has 2 aliphatic rings. The summed E-state index contributed by atoms with van der Waals surface area (Å²) in [6.45, 7) is 0.275. The molecule has 0 unspecified atom stereocenters. The van der Waals surface area contributed by atoms with Crippen molar-refractivity contribution in [1.29, 1.82) is 0 Å². The molecular formula is C15H11NO2. The standard InChI is InChI=1S/C15H11NO2/c17-15(18-10-11-5-2-1-3-6-11)14-9-12-7-4-8-13(12)16-14/h1-9H,10H2. The van der Waals surface area contributed by atoms with Gasteiger partial charge in [0.2, 0.25) is 0 Å². The van der Waals surface area contributed by atoms with Crippen LogP contribution in [-0.2, 0) is 16.1 Å². The van der Waals surface area contributed by atoms with Crippen molar-refractivity contribution in [3.63, 3.8) is 0 Å². The topological polar surface area (TPSA) is 38.7 Å².